The average Bonchev–Trinajstić information content (AvgIpc) is 2.56. The van der Waals surface area contributed by atoms with Crippen LogP contribution in [0.1, 0.15) is 31.2 Å². The van der Waals surface area contributed by atoms with Crippen molar-refractivity contribution >= 4 is 17.7 Å². The standard InChI is InChI=1S/C17H24N2O5/c1-10-14(23-2)8-13(9-15(10)24-3)19-17(22)18-12-6-4-11(5-7-12)16(20)21/h8-9,11-12H,4-7H2,1-3H3,(H,20,21)(H2,18,19,22). The third-order valence-corrected chi connectivity index (χ3v) is 4.42. The molecule has 2 amide bonds. The molecule has 7 nitrogen and oxygen atoms in total. The molecule has 1 aliphatic rings. The van der Waals surface area contributed by atoms with Gasteiger partial charge in [0.05, 0.1) is 20.1 Å². The molecule has 1 aliphatic carbocycles. The van der Waals surface area contributed by atoms with Gasteiger partial charge in [-0.1, -0.05) is 0 Å². The second kappa shape index (κ2) is 7.90. The highest BCUT2D eigenvalue weighted by Gasteiger charge is 2.26. The van der Waals surface area contributed by atoms with E-state index in [-0.39, 0.29) is 18.0 Å². The zero-order chi connectivity index (χ0) is 17.7. The van der Waals surface area contributed by atoms with Gasteiger partial charge in [0, 0.05) is 29.4 Å². The predicted octanol–water partition coefficient (Wildman–Crippen LogP) is 2.78. The van der Waals surface area contributed by atoms with Crippen LogP contribution >= 0.6 is 0 Å². The first-order valence-corrected chi connectivity index (χ1v) is 7.97. The van der Waals surface area contributed by atoms with Gasteiger partial charge in [-0.15, -0.1) is 0 Å². The van der Waals surface area contributed by atoms with Gasteiger partial charge in [0.25, 0.3) is 0 Å². The molecule has 0 spiro atoms. The van der Waals surface area contributed by atoms with Crippen molar-refractivity contribution in [3.63, 3.8) is 0 Å². The van der Waals surface area contributed by atoms with E-state index in [1.807, 2.05) is 6.92 Å². The van der Waals surface area contributed by atoms with Crippen LogP contribution < -0.4 is 20.1 Å². The van der Waals surface area contributed by atoms with Gasteiger partial charge >= 0.3 is 12.0 Å². The van der Waals surface area contributed by atoms with Gasteiger partial charge in [-0.25, -0.2) is 4.79 Å². The molecule has 0 heterocycles. The molecule has 0 bridgehead atoms. The molecule has 24 heavy (non-hydrogen) atoms. The molecule has 132 valence electrons. The number of methoxy groups -OCH3 is 2. The zero-order valence-corrected chi connectivity index (χ0v) is 14.2. The number of carboxylic acids is 1. The Morgan fingerprint density at radius 1 is 1.08 bits per heavy atom. The molecule has 0 aliphatic heterocycles. The summed E-state index contributed by atoms with van der Waals surface area (Å²) in [7, 11) is 3.12. The third-order valence-electron chi connectivity index (χ3n) is 4.42. The molecule has 1 aromatic carbocycles. The van der Waals surface area contributed by atoms with Crippen molar-refractivity contribution in [2.75, 3.05) is 19.5 Å². The van der Waals surface area contributed by atoms with Crippen molar-refractivity contribution in [2.24, 2.45) is 5.92 Å². The zero-order valence-electron chi connectivity index (χ0n) is 14.2. The van der Waals surface area contributed by atoms with E-state index in [0.717, 1.165) is 5.56 Å². The highest BCUT2D eigenvalue weighted by Crippen LogP contribution is 2.32. The summed E-state index contributed by atoms with van der Waals surface area (Å²) in [4.78, 5) is 23.1. The van der Waals surface area contributed by atoms with Crippen LogP contribution in [0, 0.1) is 12.8 Å². The third kappa shape index (κ3) is 4.31. The minimum Gasteiger partial charge on any atom is -0.496 e. The van der Waals surface area contributed by atoms with Crippen molar-refractivity contribution in [3.8, 4) is 11.5 Å². The van der Waals surface area contributed by atoms with Crippen molar-refractivity contribution in [2.45, 2.75) is 38.6 Å². The van der Waals surface area contributed by atoms with Crippen molar-refractivity contribution in [3.05, 3.63) is 17.7 Å². The summed E-state index contributed by atoms with van der Waals surface area (Å²) in [5.74, 6) is 0.215. The summed E-state index contributed by atoms with van der Waals surface area (Å²) in [6.07, 6.45) is 2.52. The second-order valence-electron chi connectivity index (χ2n) is 5.99. The normalized spacial score (nSPS) is 20.1. The monoisotopic (exact) mass is 336 g/mol. The maximum absolute atomic E-state index is 12.2. The molecule has 1 saturated carbocycles. The number of hydrogen-bond donors (Lipinski definition) is 3. The van der Waals surface area contributed by atoms with E-state index >= 15 is 0 Å². The van der Waals surface area contributed by atoms with Gasteiger partial charge in [0.15, 0.2) is 0 Å². The highest BCUT2D eigenvalue weighted by atomic mass is 16.5. The molecule has 0 radical (unpaired) electrons. The van der Waals surface area contributed by atoms with E-state index in [2.05, 4.69) is 10.6 Å². The molecule has 1 fully saturated rings. The largest absolute Gasteiger partial charge is 0.496 e. The summed E-state index contributed by atoms with van der Waals surface area (Å²) in [6, 6.07) is 3.15. The summed E-state index contributed by atoms with van der Waals surface area (Å²) < 4.78 is 10.6. The van der Waals surface area contributed by atoms with Crippen LogP contribution in [-0.4, -0.2) is 37.4 Å². The van der Waals surface area contributed by atoms with E-state index in [0.29, 0.717) is 42.9 Å². The fourth-order valence-corrected chi connectivity index (χ4v) is 3.00. The number of aliphatic carboxylic acids is 1. The fraction of sp³-hybridized carbons (Fsp3) is 0.529. The fourth-order valence-electron chi connectivity index (χ4n) is 3.00. The quantitative estimate of drug-likeness (QED) is 0.768. The van der Waals surface area contributed by atoms with Crippen LogP contribution in [-0.2, 0) is 4.79 Å². The van der Waals surface area contributed by atoms with E-state index in [9.17, 15) is 9.59 Å². The van der Waals surface area contributed by atoms with Crippen molar-refractivity contribution in [1.29, 1.82) is 0 Å². The highest BCUT2D eigenvalue weighted by molar-refractivity contribution is 5.90. The Morgan fingerprint density at radius 3 is 2.08 bits per heavy atom. The Hall–Kier alpha value is -2.44. The van der Waals surface area contributed by atoms with Gasteiger partial charge in [0.1, 0.15) is 11.5 Å². The summed E-state index contributed by atoms with van der Waals surface area (Å²) in [6.45, 7) is 1.88. The van der Waals surface area contributed by atoms with Crippen LogP contribution in [0.15, 0.2) is 12.1 Å². The van der Waals surface area contributed by atoms with Gasteiger partial charge in [-0.3, -0.25) is 4.79 Å². The number of nitrogens with one attached hydrogen (secondary N) is 2. The van der Waals surface area contributed by atoms with Crippen LogP contribution in [0.5, 0.6) is 11.5 Å². The predicted molar refractivity (Wildman–Crippen MR) is 89.8 cm³/mol. The first-order valence-electron chi connectivity index (χ1n) is 7.97. The lowest BCUT2D eigenvalue weighted by atomic mass is 9.86. The molecule has 7 heteroatoms. The molecule has 0 saturated heterocycles. The first-order chi connectivity index (χ1) is 11.4. The molecule has 0 aromatic heterocycles. The van der Waals surface area contributed by atoms with Crippen LogP contribution in [0.2, 0.25) is 0 Å². The number of carboxylic acid groups (broad SMARTS) is 1. The van der Waals surface area contributed by atoms with Crippen LogP contribution in [0.25, 0.3) is 0 Å². The summed E-state index contributed by atoms with van der Waals surface area (Å²) in [5, 5.41) is 14.7. The van der Waals surface area contributed by atoms with E-state index in [4.69, 9.17) is 14.6 Å². The van der Waals surface area contributed by atoms with E-state index in [1.54, 1.807) is 26.4 Å². The Kier molecular flexibility index (Phi) is 5.89. The molecule has 3 N–H and O–H groups in total. The smallest absolute Gasteiger partial charge is 0.319 e. The van der Waals surface area contributed by atoms with E-state index < -0.39 is 5.97 Å². The van der Waals surface area contributed by atoms with Gasteiger partial charge in [0.2, 0.25) is 0 Å². The molecular weight excluding hydrogens is 312 g/mol. The van der Waals surface area contributed by atoms with Gasteiger partial charge in [-0.05, 0) is 32.6 Å². The molecule has 1 aromatic rings. The summed E-state index contributed by atoms with van der Waals surface area (Å²) >= 11 is 0. The lowest BCUT2D eigenvalue weighted by molar-refractivity contribution is -0.142. The minimum absolute atomic E-state index is 0.00478. The first kappa shape index (κ1) is 17.9. The Labute approximate surface area is 141 Å². The molecule has 2 rings (SSSR count). The number of ether oxygens (including phenoxy) is 2. The number of carbonyl (C=O) groups is 2. The Morgan fingerprint density at radius 2 is 1.62 bits per heavy atom. The number of carbonyl (C=O) groups excluding carboxylic acids is 1. The Bertz CT molecular complexity index is 584. The van der Waals surface area contributed by atoms with Gasteiger partial charge < -0.3 is 25.2 Å². The number of anilines is 1. The van der Waals surface area contributed by atoms with Crippen molar-refractivity contribution in [1.82, 2.24) is 5.32 Å². The SMILES string of the molecule is COc1cc(NC(=O)NC2CCC(C(=O)O)CC2)cc(OC)c1C. The van der Waals surface area contributed by atoms with E-state index in [1.165, 1.54) is 0 Å². The van der Waals surface area contributed by atoms with Crippen LogP contribution in [0.4, 0.5) is 10.5 Å². The maximum atomic E-state index is 12.2. The Balaban J connectivity index is 1.94. The number of hydrogen-bond acceptors (Lipinski definition) is 4. The average molecular weight is 336 g/mol. The molecule has 0 atom stereocenters. The van der Waals surface area contributed by atoms with Crippen molar-refractivity contribution < 1.29 is 24.2 Å². The molecule has 0 unspecified atom stereocenters. The maximum Gasteiger partial charge on any atom is 0.319 e. The van der Waals surface area contributed by atoms with Crippen LogP contribution in [0.3, 0.4) is 0 Å². The molecular formula is C17H24N2O5. The lowest BCUT2D eigenvalue weighted by Crippen LogP contribution is -2.41. The number of urea groups is 1. The number of rotatable bonds is 5. The second-order valence-corrected chi connectivity index (χ2v) is 5.99. The minimum atomic E-state index is -0.753. The number of benzene rings is 1. The van der Waals surface area contributed by atoms with Gasteiger partial charge in [-0.2, -0.15) is 0 Å². The summed E-state index contributed by atoms with van der Waals surface area (Å²) in [5.41, 5.74) is 1.43. The topological polar surface area (TPSA) is 96.9 Å². The number of amides is 2. The lowest BCUT2D eigenvalue weighted by Gasteiger charge is -2.26.